The van der Waals surface area contributed by atoms with Crippen LogP contribution in [0.1, 0.15) is 14.5 Å². The van der Waals surface area contributed by atoms with Crippen molar-refractivity contribution in [2.75, 3.05) is 24.7 Å². The zero-order valence-electron chi connectivity index (χ0n) is 13.9. The van der Waals surface area contributed by atoms with Gasteiger partial charge in [0.15, 0.2) is 6.61 Å². The highest BCUT2D eigenvalue weighted by atomic mass is 32.2. The molecule has 0 bridgehead atoms. The van der Waals surface area contributed by atoms with Gasteiger partial charge in [0.2, 0.25) is 10.0 Å². The summed E-state index contributed by atoms with van der Waals surface area (Å²) in [5, 5.41) is 11.7. The highest BCUT2D eigenvalue weighted by Gasteiger charge is 2.13. The lowest BCUT2D eigenvalue weighted by Crippen LogP contribution is -2.24. The maximum absolute atomic E-state index is 12.0. The van der Waals surface area contributed by atoms with Crippen molar-refractivity contribution in [2.24, 2.45) is 0 Å². The fourth-order valence-electron chi connectivity index (χ4n) is 1.93. The molecule has 0 unspecified atom stereocenters. The third-order valence-electron chi connectivity index (χ3n) is 3.08. The molecule has 0 fully saturated rings. The average Bonchev–Trinajstić information content (AvgIpc) is 3.02. The fourth-order valence-corrected chi connectivity index (χ4v) is 3.30. The Morgan fingerprint density at radius 3 is 2.50 bits per heavy atom. The zero-order chi connectivity index (χ0) is 19.2. The topological polar surface area (TPSA) is 122 Å². The molecule has 2 rings (SSSR count). The molecule has 3 N–H and O–H groups in total. The fraction of sp³-hybridized carbons (Fsp3) is 0.250. The van der Waals surface area contributed by atoms with E-state index in [1.165, 1.54) is 35.6 Å². The Hall–Kier alpha value is -2.43. The molecule has 1 heterocycles. The van der Waals surface area contributed by atoms with Crippen molar-refractivity contribution in [1.29, 1.82) is 0 Å². The van der Waals surface area contributed by atoms with Crippen molar-refractivity contribution in [2.45, 2.75) is 6.42 Å². The van der Waals surface area contributed by atoms with Crippen molar-refractivity contribution >= 4 is 38.9 Å². The smallest absolute Gasteiger partial charge is 0.348 e. The van der Waals surface area contributed by atoms with Crippen LogP contribution in [-0.4, -0.2) is 44.8 Å². The molecule has 2 aromatic rings. The number of benzene rings is 1. The lowest BCUT2D eigenvalue weighted by Gasteiger charge is -2.06. The summed E-state index contributed by atoms with van der Waals surface area (Å²) in [7, 11) is -3.25. The molecule has 10 heteroatoms. The summed E-state index contributed by atoms with van der Waals surface area (Å²) in [6, 6.07) is 9.17. The van der Waals surface area contributed by atoms with E-state index in [9.17, 15) is 23.1 Å². The van der Waals surface area contributed by atoms with E-state index in [1.54, 1.807) is 12.1 Å². The predicted molar refractivity (Wildman–Crippen MR) is 97.9 cm³/mol. The Balaban J connectivity index is 1.78. The largest absolute Gasteiger partial charge is 0.508 e. The van der Waals surface area contributed by atoms with Crippen molar-refractivity contribution < 1.29 is 27.9 Å². The average molecular weight is 398 g/mol. The highest BCUT2D eigenvalue weighted by Crippen LogP contribution is 2.18. The van der Waals surface area contributed by atoms with Crippen molar-refractivity contribution in [1.82, 2.24) is 4.72 Å². The van der Waals surface area contributed by atoms with Crippen LogP contribution >= 0.6 is 11.3 Å². The second kappa shape index (κ2) is 8.79. The van der Waals surface area contributed by atoms with Crippen LogP contribution in [0.3, 0.4) is 0 Å². The summed E-state index contributed by atoms with van der Waals surface area (Å²) in [6.07, 6.45) is 1.53. The van der Waals surface area contributed by atoms with Crippen LogP contribution in [0, 0.1) is 0 Å². The number of ether oxygens (including phenoxy) is 1. The summed E-state index contributed by atoms with van der Waals surface area (Å²) in [6.45, 7) is -0.203. The van der Waals surface area contributed by atoms with E-state index >= 15 is 0 Å². The Labute approximate surface area is 154 Å². The van der Waals surface area contributed by atoms with Gasteiger partial charge in [-0.3, -0.25) is 4.79 Å². The Morgan fingerprint density at radius 1 is 1.15 bits per heavy atom. The number of carbonyl (C=O) groups excluding carboxylic acids is 2. The number of carbonyl (C=O) groups is 2. The third-order valence-corrected chi connectivity index (χ3v) is 4.94. The van der Waals surface area contributed by atoms with Crippen LogP contribution < -0.4 is 10.0 Å². The minimum atomic E-state index is -3.25. The first-order valence-corrected chi connectivity index (χ1v) is 10.2. The molecule has 0 spiro atoms. The molecule has 0 aliphatic heterocycles. The van der Waals surface area contributed by atoms with Crippen LogP contribution in [0.2, 0.25) is 0 Å². The number of aromatic hydroxyl groups is 1. The molecule has 0 atom stereocenters. The molecule has 140 valence electrons. The standard InChI is InChI=1S/C16H18N2O6S2/c1-26(22,23)17-9-8-13-6-7-14(25-13)16(21)24-10-15(20)18-11-2-4-12(19)5-3-11/h2-7,17,19H,8-10H2,1H3,(H,18,20). The van der Waals surface area contributed by atoms with Crippen molar-refractivity contribution in [3.8, 4) is 5.75 Å². The molecule has 26 heavy (non-hydrogen) atoms. The molecule has 0 saturated heterocycles. The van der Waals surface area contributed by atoms with E-state index in [-0.39, 0.29) is 12.3 Å². The van der Waals surface area contributed by atoms with Gasteiger partial charge in [0.05, 0.1) is 6.26 Å². The molecule has 0 aliphatic rings. The quantitative estimate of drug-likeness (QED) is 0.456. The van der Waals surface area contributed by atoms with Gasteiger partial charge in [0.25, 0.3) is 5.91 Å². The first kappa shape index (κ1) is 19.9. The lowest BCUT2D eigenvalue weighted by atomic mass is 10.3. The molecule has 0 radical (unpaired) electrons. The number of phenolic OH excluding ortho intramolecular Hbond substituents is 1. The Morgan fingerprint density at radius 2 is 1.85 bits per heavy atom. The first-order valence-electron chi connectivity index (χ1n) is 7.52. The number of nitrogens with one attached hydrogen (secondary N) is 2. The molecule has 1 amide bonds. The van der Waals surface area contributed by atoms with Crippen LogP contribution in [-0.2, 0) is 26.0 Å². The zero-order valence-corrected chi connectivity index (χ0v) is 15.5. The van der Waals surface area contributed by atoms with Gasteiger partial charge in [-0.05, 0) is 42.8 Å². The highest BCUT2D eigenvalue weighted by molar-refractivity contribution is 7.88. The minimum absolute atomic E-state index is 0.0784. The van der Waals surface area contributed by atoms with Crippen LogP contribution in [0.25, 0.3) is 0 Å². The summed E-state index contributed by atoms with van der Waals surface area (Å²) in [5.41, 5.74) is 0.473. The van der Waals surface area contributed by atoms with Gasteiger partial charge in [-0.25, -0.2) is 17.9 Å². The van der Waals surface area contributed by atoms with E-state index in [0.717, 1.165) is 11.1 Å². The van der Waals surface area contributed by atoms with Crippen LogP contribution in [0.4, 0.5) is 5.69 Å². The summed E-state index contributed by atoms with van der Waals surface area (Å²) in [4.78, 5) is 24.9. The molecule has 0 saturated carbocycles. The lowest BCUT2D eigenvalue weighted by molar-refractivity contribution is -0.119. The maximum atomic E-state index is 12.0. The number of hydrogen-bond donors (Lipinski definition) is 3. The number of phenols is 1. The summed E-state index contributed by atoms with van der Waals surface area (Å²) < 4.78 is 29.3. The number of thiophene rings is 1. The van der Waals surface area contributed by atoms with Gasteiger partial charge in [0.1, 0.15) is 10.6 Å². The molecular formula is C16H18N2O6S2. The summed E-state index contributed by atoms with van der Waals surface area (Å²) in [5.74, 6) is -1.05. The number of rotatable bonds is 8. The van der Waals surface area contributed by atoms with Gasteiger partial charge < -0.3 is 15.2 Å². The molecule has 0 aliphatic carbocycles. The number of hydrogen-bond acceptors (Lipinski definition) is 7. The summed E-state index contributed by atoms with van der Waals surface area (Å²) >= 11 is 1.18. The Bertz CT molecular complexity index is 874. The van der Waals surface area contributed by atoms with E-state index in [4.69, 9.17) is 4.74 Å². The predicted octanol–water partition coefficient (Wildman–Crippen LogP) is 1.34. The van der Waals surface area contributed by atoms with E-state index in [1.807, 2.05) is 0 Å². The van der Waals surface area contributed by atoms with Crippen molar-refractivity contribution in [3.05, 3.63) is 46.2 Å². The molecule has 8 nitrogen and oxygen atoms in total. The van der Waals surface area contributed by atoms with Gasteiger partial charge in [0, 0.05) is 17.1 Å². The molecule has 1 aromatic carbocycles. The normalized spacial score (nSPS) is 11.1. The SMILES string of the molecule is CS(=O)(=O)NCCc1ccc(C(=O)OCC(=O)Nc2ccc(O)cc2)s1. The molecule has 1 aromatic heterocycles. The van der Waals surface area contributed by atoms with Gasteiger partial charge in [-0.1, -0.05) is 0 Å². The van der Waals surface area contributed by atoms with Crippen LogP contribution in [0.5, 0.6) is 5.75 Å². The Kier molecular flexibility index (Phi) is 6.72. The van der Waals surface area contributed by atoms with Gasteiger partial charge in [-0.2, -0.15) is 0 Å². The van der Waals surface area contributed by atoms with E-state index in [0.29, 0.717) is 17.0 Å². The van der Waals surface area contributed by atoms with E-state index < -0.39 is 28.5 Å². The second-order valence-corrected chi connectivity index (χ2v) is 8.35. The van der Waals surface area contributed by atoms with Crippen molar-refractivity contribution in [3.63, 3.8) is 0 Å². The molecular weight excluding hydrogens is 380 g/mol. The second-order valence-electron chi connectivity index (χ2n) is 5.35. The third kappa shape index (κ3) is 6.82. The van der Waals surface area contributed by atoms with Gasteiger partial charge >= 0.3 is 5.97 Å². The van der Waals surface area contributed by atoms with E-state index in [2.05, 4.69) is 10.0 Å². The number of sulfonamides is 1. The first-order chi connectivity index (χ1) is 12.2. The number of amides is 1. The van der Waals surface area contributed by atoms with Gasteiger partial charge in [-0.15, -0.1) is 11.3 Å². The minimum Gasteiger partial charge on any atom is -0.508 e. The van der Waals surface area contributed by atoms with Crippen LogP contribution in [0.15, 0.2) is 36.4 Å². The number of anilines is 1. The number of esters is 1. The maximum Gasteiger partial charge on any atom is 0.348 e. The monoisotopic (exact) mass is 398 g/mol.